The van der Waals surface area contributed by atoms with Crippen molar-refractivity contribution >= 4 is 39.4 Å². The van der Waals surface area contributed by atoms with Gasteiger partial charge in [-0.25, -0.2) is 17.6 Å². The molecule has 0 aromatic heterocycles. The van der Waals surface area contributed by atoms with Gasteiger partial charge in [0.15, 0.2) is 5.82 Å². The van der Waals surface area contributed by atoms with Crippen molar-refractivity contribution in [3.63, 3.8) is 0 Å². The molecular weight excluding hydrogens is 341 g/mol. The van der Waals surface area contributed by atoms with Crippen molar-refractivity contribution in [3.8, 4) is 0 Å². The fraction of sp³-hybridized carbons (Fsp3) is 0.417. The summed E-state index contributed by atoms with van der Waals surface area (Å²) in [7, 11) is -4.10. The molecule has 21 heavy (non-hydrogen) atoms. The molecule has 1 aromatic carbocycles. The van der Waals surface area contributed by atoms with Gasteiger partial charge >= 0.3 is 5.97 Å². The molecule has 1 aliphatic rings. The number of carbonyl (C=O) groups is 1. The molecule has 0 radical (unpaired) electrons. The molecule has 116 valence electrons. The third kappa shape index (κ3) is 3.50. The number of thioether (sulfide) groups is 1. The Morgan fingerprint density at radius 2 is 2.05 bits per heavy atom. The highest BCUT2D eigenvalue weighted by molar-refractivity contribution is 7.99. The van der Waals surface area contributed by atoms with Crippen molar-refractivity contribution in [1.29, 1.82) is 0 Å². The quantitative estimate of drug-likeness (QED) is 0.902. The number of rotatable bonds is 3. The highest BCUT2D eigenvalue weighted by Gasteiger charge is 2.31. The van der Waals surface area contributed by atoms with Gasteiger partial charge in [-0.15, -0.1) is 0 Å². The largest absolute Gasteiger partial charge is 0.478 e. The van der Waals surface area contributed by atoms with Gasteiger partial charge in [-0.3, -0.25) is 0 Å². The molecular formula is C12H13ClFNO4S2. The molecule has 1 saturated heterocycles. The van der Waals surface area contributed by atoms with Gasteiger partial charge in [-0.05, 0) is 24.3 Å². The second kappa shape index (κ2) is 6.51. The van der Waals surface area contributed by atoms with E-state index in [2.05, 4.69) is 0 Å². The standard InChI is InChI=1S/C12H13ClFNO4S2/c13-8-6-9(12(16)17)11(14)10(7-8)21(18,19)15-2-1-4-20-5-3-15/h6-7H,1-5H2,(H,16,17). The van der Waals surface area contributed by atoms with Gasteiger partial charge < -0.3 is 5.11 Å². The van der Waals surface area contributed by atoms with Crippen molar-refractivity contribution in [2.24, 2.45) is 0 Å². The van der Waals surface area contributed by atoms with Crippen LogP contribution in [-0.2, 0) is 10.0 Å². The van der Waals surface area contributed by atoms with Crippen molar-refractivity contribution < 1.29 is 22.7 Å². The Balaban J connectivity index is 2.51. The van der Waals surface area contributed by atoms with Crippen LogP contribution in [-0.4, -0.2) is 48.4 Å². The Labute approximate surface area is 131 Å². The SMILES string of the molecule is O=C(O)c1cc(Cl)cc(S(=O)(=O)N2CCCSCC2)c1F. The topological polar surface area (TPSA) is 74.7 Å². The van der Waals surface area contributed by atoms with Crippen LogP contribution in [0.5, 0.6) is 0 Å². The van der Waals surface area contributed by atoms with E-state index in [-0.39, 0.29) is 18.1 Å². The maximum absolute atomic E-state index is 14.2. The lowest BCUT2D eigenvalue weighted by atomic mass is 10.2. The summed E-state index contributed by atoms with van der Waals surface area (Å²) in [5.41, 5.74) is -0.745. The summed E-state index contributed by atoms with van der Waals surface area (Å²) in [5.74, 6) is -1.38. The second-order valence-electron chi connectivity index (χ2n) is 4.44. The number of sulfonamides is 1. The average Bonchev–Trinajstić information content (AvgIpc) is 2.70. The minimum Gasteiger partial charge on any atom is -0.478 e. The molecule has 9 heteroatoms. The van der Waals surface area contributed by atoms with E-state index in [4.69, 9.17) is 16.7 Å². The lowest BCUT2D eigenvalue weighted by Gasteiger charge is -2.20. The van der Waals surface area contributed by atoms with Crippen molar-refractivity contribution in [3.05, 3.63) is 28.5 Å². The van der Waals surface area contributed by atoms with Gasteiger partial charge in [0.25, 0.3) is 0 Å². The highest BCUT2D eigenvalue weighted by atomic mass is 35.5. The zero-order chi connectivity index (χ0) is 15.6. The number of benzene rings is 1. The molecule has 1 fully saturated rings. The molecule has 0 aliphatic carbocycles. The maximum atomic E-state index is 14.2. The number of hydrogen-bond donors (Lipinski definition) is 1. The Hall–Kier alpha value is -0.830. The summed E-state index contributed by atoms with van der Waals surface area (Å²) < 4.78 is 40.4. The summed E-state index contributed by atoms with van der Waals surface area (Å²) in [6.07, 6.45) is 0.665. The zero-order valence-corrected chi connectivity index (χ0v) is 13.3. The summed E-state index contributed by atoms with van der Waals surface area (Å²) >= 11 is 7.35. The molecule has 1 aliphatic heterocycles. The molecule has 0 bridgehead atoms. The predicted molar refractivity (Wildman–Crippen MR) is 79.1 cm³/mol. The summed E-state index contributed by atoms with van der Waals surface area (Å²) in [4.78, 5) is 10.3. The van der Waals surface area contributed by atoms with Gasteiger partial charge in [-0.2, -0.15) is 16.1 Å². The van der Waals surface area contributed by atoms with E-state index < -0.39 is 32.3 Å². The third-order valence-electron chi connectivity index (χ3n) is 3.03. The molecule has 0 spiro atoms. The fourth-order valence-electron chi connectivity index (χ4n) is 2.01. The van der Waals surface area contributed by atoms with E-state index in [0.29, 0.717) is 12.2 Å². The van der Waals surface area contributed by atoms with Gasteiger partial charge in [0, 0.05) is 23.9 Å². The normalized spacial score (nSPS) is 17.4. The van der Waals surface area contributed by atoms with Gasteiger partial charge in [0.05, 0.1) is 5.56 Å². The van der Waals surface area contributed by atoms with Crippen LogP contribution in [0.25, 0.3) is 0 Å². The minimum atomic E-state index is -4.10. The zero-order valence-electron chi connectivity index (χ0n) is 10.9. The van der Waals surface area contributed by atoms with Crippen molar-refractivity contribution in [1.82, 2.24) is 4.31 Å². The first-order chi connectivity index (χ1) is 9.84. The van der Waals surface area contributed by atoms with Crippen LogP contribution in [0, 0.1) is 5.82 Å². The molecule has 5 nitrogen and oxygen atoms in total. The lowest BCUT2D eigenvalue weighted by molar-refractivity contribution is 0.0691. The van der Waals surface area contributed by atoms with E-state index in [1.165, 1.54) is 4.31 Å². The van der Waals surface area contributed by atoms with Gasteiger partial charge in [0.1, 0.15) is 4.90 Å². The molecule has 0 atom stereocenters. The van der Waals surface area contributed by atoms with Crippen LogP contribution < -0.4 is 0 Å². The number of aromatic carboxylic acids is 1. The Morgan fingerprint density at radius 1 is 1.33 bits per heavy atom. The molecule has 1 aromatic rings. The monoisotopic (exact) mass is 353 g/mol. The van der Waals surface area contributed by atoms with E-state index in [1.54, 1.807) is 11.8 Å². The second-order valence-corrected chi connectivity index (χ2v) is 8.01. The van der Waals surface area contributed by atoms with Crippen molar-refractivity contribution in [2.75, 3.05) is 24.6 Å². The van der Waals surface area contributed by atoms with E-state index >= 15 is 0 Å². The van der Waals surface area contributed by atoms with Crippen LogP contribution in [0.1, 0.15) is 16.8 Å². The number of carboxylic acid groups (broad SMARTS) is 1. The molecule has 2 rings (SSSR count). The predicted octanol–water partition coefficient (Wildman–Crippen LogP) is 2.30. The third-order valence-corrected chi connectivity index (χ3v) is 6.20. The summed E-state index contributed by atoms with van der Waals surface area (Å²) in [6.45, 7) is 0.547. The average molecular weight is 354 g/mol. The van der Waals surface area contributed by atoms with Crippen LogP contribution >= 0.6 is 23.4 Å². The van der Waals surface area contributed by atoms with Gasteiger partial charge in [0.2, 0.25) is 10.0 Å². The fourth-order valence-corrected chi connectivity index (χ4v) is 4.89. The summed E-state index contributed by atoms with van der Waals surface area (Å²) in [5, 5.41) is 8.80. The summed E-state index contributed by atoms with van der Waals surface area (Å²) in [6, 6.07) is 1.85. The molecule has 0 saturated carbocycles. The van der Waals surface area contributed by atoms with Crippen LogP contribution in [0.4, 0.5) is 4.39 Å². The van der Waals surface area contributed by atoms with E-state index in [1.807, 2.05) is 0 Å². The Morgan fingerprint density at radius 3 is 2.71 bits per heavy atom. The first-order valence-corrected chi connectivity index (χ1v) is 9.11. The number of hydrogen-bond acceptors (Lipinski definition) is 4. The Bertz CT molecular complexity index is 657. The first kappa shape index (κ1) is 16.5. The van der Waals surface area contributed by atoms with Crippen molar-refractivity contribution in [2.45, 2.75) is 11.3 Å². The highest BCUT2D eigenvalue weighted by Crippen LogP contribution is 2.27. The Kier molecular flexibility index (Phi) is 5.13. The molecule has 0 amide bonds. The molecule has 1 heterocycles. The molecule has 1 N–H and O–H groups in total. The lowest BCUT2D eigenvalue weighted by Crippen LogP contribution is -2.33. The number of nitrogens with zero attached hydrogens (tertiary/aromatic N) is 1. The smallest absolute Gasteiger partial charge is 0.338 e. The van der Waals surface area contributed by atoms with Crippen LogP contribution in [0.2, 0.25) is 5.02 Å². The van der Waals surface area contributed by atoms with Crippen LogP contribution in [0.3, 0.4) is 0 Å². The first-order valence-electron chi connectivity index (χ1n) is 6.14. The number of halogens is 2. The molecule has 0 unspecified atom stereocenters. The van der Waals surface area contributed by atoms with Gasteiger partial charge in [-0.1, -0.05) is 11.6 Å². The van der Waals surface area contributed by atoms with E-state index in [0.717, 1.165) is 17.9 Å². The van der Waals surface area contributed by atoms with E-state index in [9.17, 15) is 17.6 Å². The maximum Gasteiger partial charge on any atom is 0.338 e. The number of carboxylic acids is 1. The minimum absolute atomic E-state index is 0.128. The van der Waals surface area contributed by atoms with Crippen LogP contribution in [0.15, 0.2) is 17.0 Å².